The SMILES string of the molecule is CCOc1ncnc(N(C)Cc2ccco2)c1N. The lowest BCUT2D eigenvalue weighted by molar-refractivity contribution is 0.328. The van der Waals surface area contributed by atoms with Crippen molar-refractivity contribution in [2.24, 2.45) is 0 Å². The van der Waals surface area contributed by atoms with Crippen LogP contribution in [-0.2, 0) is 6.54 Å². The van der Waals surface area contributed by atoms with Crippen LogP contribution in [0.3, 0.4) is 0 Å². The molecule has 2 heterocycles. The lowest BCUT2D eigenvalue weighted by Crippen LogP contribution is -2.19. The molecule has 6 nitrogen and oxygen atoms in total. The molecule has 0 aromatic carbocycles. The molecule has 0 amide bonds. The van der Waals surface area contributed by atoms with Gasteiger partial charge in [0.2, 0.25) is 5.88 Å². The van der Waals surface area contributed by atoms with Crippen LogP contribution >= 0.6 is 0 Å². The van der Waals surface area contributed by atoms with Gasteiger partial charge < -0.3 is 19.8 Å². The quantitative estimate of drug-likeness (QED) is 0.867. The Morgan fingerprint density at radius 3 is 2.94 bits per heavy atom. The zero-order chi connectivity index (χ0) is 13.0. The summed E-state index contributed by atoms with van der Waals surface area (Å²) in [5.74, 6) is 1.88. The number of hydrogen-bond acceptors (Lipinski definition) is 6. The zero-order valence-corrected chi connectivity index (χ0v) is 10.5. The van der Waals surface area contributed by atoms with Crippen molar-refractivity contribution in [2.45, 2.75) is 13.5 Å². The van der Waals surface area contributed by atoms with E-state index in [2.05, 4.69) is 9.97 Å². The van der Waals surface area contributed by atoms with Gasteiger partial charge in [0.05, 0.1) is 19.4 Å². The summed E-state index contributed by atoms with van der Waals surface area (Å²) in [6.07, 6.45) is 3.08. The highest BCUT2D eigenvalue weighted by Gasteiger charge is 2.13. The predicted octanol–water partition coefficient (Wildman–Crippen LogP) is 1.69. The third-order valence-electron chi connectivity index (χ3n) is 2.44. The predicted molar refractivity (Wildman–Crippen MR) is 68.4 cm³/mol. The Bertz CT molecular complexity index is 499. The third kappa shape index (κ3) is 2.53. The van der Waals surface area contributed by atoms with Gasteiger partial charge in [-0.2, -0.15) is 4.98 Å². The van der Waals surface area contributed by atoms with Crippen LogP contribution in [0.4, 0.5) is 11.5 Å². The Balaban J connectivity index is 2.19. The largest absolute Gasteiger partial charge is 0.476 e. The molecule has 0 unspecified atom stereocenters. The fraction of sp³-hybridized carbons (Fsp3) is 0.333. The van der Waals surface area contributed by atoms with Gasteiger partial charge in [-0.05, 0) is 19.1 Å². The molecule has 18 heavy (non-hydrogen) atoms. The van der Waals surface area contributed by atoms with Gasteiger partial charge in [0, 0.05) is 7.05 Å². The number of hydrogen-bond donors (Lipinski definition) is 1. The molecule has 0 spiro atoms. The van der Waals surface area contributed by atoms with E-state index >= 15 is 0 Å². The fourth-order valence-corrected chi connectivity index (χ4v) is 1.64. The van der Waals surface area contributed by atoms with Crippen LogP contribution in [-0.4, -0.2) is 23.6 Å². The van der Waals surface area contributed by atoms with Crippen LogP contribution in [0, 0.1) is 0 Å². The van der Waals surface area contributed by atoms with E-state index in [9.17, 15) is 0 Å². The van der Waals surface area contributed by atoms with Crippen molar-refractivity contribution < 1.29 is 9.15 Å². The van der Waals surface area contributed by atoms with Gasteiger partial charge in [-0.25, -0.2) is 4.98 Å². The van der Waals surface area contributed by atoms with E-state index < -0.39 is 0 Å². The highest BCUT2D eigenvalue weighted by atomic mass is 16.5. The van der Waals surface area contributed by atoms with Crippen molar-refractivity contribution in [3.05, 3.63) is 30.5 Å². The molecule has 0 atom stereocenters. The molecule has 2 aromatic heterocycles. The lowest BCUT2D eigenvalue weighted by Gasteiger charge is -2.19. The number of nitrogens with two attached hydrogens (primary N) is 1. The number of rotatable bonds is 5. The van der Waals surface area contributed by atoms with Gasteiger partial charge in [-0.1, -0.05) is 0 Å². The van der Waals surface area contributed by atoms with Crippen LogP contribution in [0.25, 0.3) is 0 Å². The van der Waals surface area contributed by atoms with Gasteiger partial charge in [-0.3, -0.25) is 0 Å². The summed E-state index contributed by atoms with van der Waals surface area (Å²) < 4.78 is 10.6. The second-order valence-electron chi connectivity index (χ2n) is 3.78. The summed E-state index contributed by atoms with van der Waals surface area (Å²) in [5.41, 5.74) is 6.42. The molecule has 6 heteroatoms. The van der Waals surface area contributed by atoms with Crippen LogP contribution in [0.1, 0.15) is 12.7 Å². The first-order valence-corrected chi connectivity index (χ1v) is 5.69. The lowest BCUT2D eigenvalue weighted by atomic mass is 10.3. The molecule has 0 aliphatic heterocycles. The monoisotopic (exact) mass is 248 g/mol. The minimum absolute atomic E-state index is 0.411. The van der Waals surface area contributed by atoms with Crippen molar-refractivity contribution >= 4 is 11.5 Å². The fourth-order valence-electron chi connectivity index (χ4n) is 1.64. The van der Waals surface area contributed by atoms with Crippen molar-refractivity contribution in [1.29, 1.82) is 0 Å². The molecule has 0 radical (unpaired) electrons. The van der Waals surface area contributed by atoms with Crippen LogP contribution in [0.15, 0.2) is 29.1 Å². The number of ether oxygens (including phenoxy) is 1. The average Bonchev–Trinajstić information content (AvgIpc) is 2.85. The number of nitrogens with zero attached hydrogens (tertiary/aromatic N) is 3. The first-order valence-electron chi connectivity index (χ1n) is 5.69. The van der Waals surface area contributed by atoms with Gasteiger partial charge >= 0.3 is 0 Å². The smallest absolute Gasteiger partial charge is 0.242 e. The van der Waals surface area contributed by atoms with Crippen molar-refractivity contribution in [1.82, 2.24) is 9.97 Å². The topological polar surface area (TPSA) is 77.4 Å². The number of nitrogen functional groups attached to an aromatic ring is 1. The van der Waals surface area contributed by atoms with Gasteiger partial charge in [0.1, 0.15) is 17.8 Å². The minimum Gasteiger partial charge on any atom is -0.476 e. The summed E-state index contributed by atoms with van der Waals surface area (Å²) in [6, 6.07) is 3.75. The van der Waals surface area contributed by atoms with E-state index in [0.29, 0.717) is 30.5 Å². The number of aromatic nitrogens is 2. The number of anilines is 2. The van der Waals surface area contributed by atoms with Crippen molar-refractivity contribution in [3.63, 3.8) is 0 Å². The molecule has 2 aromatic rings. The van der Waals surface area contributed by atoms with Crippen molar-refractivity contribution in [3.8, 4) is 5.88 Å². The Kier molecular flexibility index (Phi) is 3.66. The Labute approximate surface area is 105 Å². The van der Waals surface area contributed by atoms with E-state index in [1.165, 1.54) is 6.33 Å². The molecule has 0 saturated heterocycles. The normalized spacial score (nSPS) is 10.3. The third-order valence-corrected chi connectivity index (χ3v) is 2.44. The standard InChI is InChI=1S/C12H16N4O2/c1-3-17-12-10(13)11(14-8-15-12)16(2)7-9-5-4-6-18-9/h4-6,8H,3,7,13H2,1-2H3. The Morgan fingerprint density at radius 2 is 2.28 bits per heavy atom. The minimum atomic E-state index is 0.411. The van der Waals surface area contributed by atoms with E-state index in [4.69, 9.17) is 14.9 Å². The van der Waals surface area contributed by atoms with Crippen LogP contribution < -0.4 is 15.4 Å². The number of furan rings is 1. The van der Waals surface area contributed by atoms with Gasteiger partial charge in [-0.15, -0.1) is 0 Å². The molecular weight excluding hydrogens is 232 g/mol. The van der Waals surface area contributed by atoms with E-state index in [0.717, 1.165) is 5.76 Å². The molecule has 0 bridgehead atoms. The van der Waals surface area contributed by atoms with E-state index in [1.54, 1.807) is 6.26 Å². The first-order chi connectivity index (χ1) is 8.72. The summed E-state index contributed by atoms with van der Waals surface area (Å²) in [4.78, 5) is 10.1. The van der Waals surface area contributed by atoms with E-state index in [1.807, 2.05) is 31.0 Å². The molecule has 96 valence electrons. The molecule has 0 fully saturated rings. The zero-order valence-electron chi connectivity index (χ0n) is 10.5. The summed E-state index contributed by atoms with van der Waals surface area (Å²) in [5, 5.41) is 0. The van der Waals surface area contributed by atoms with E-state index in [-0.39, 0.29) is 0 Å². The maximum Gasteiger partial charge on any atom is 0.242 e. The van der Waals surface area contributed by atoms with Gasteiger partial charge in [0.15, 0.2) is 5.82 Å². The molecule has 0 saturated carbocycles. The summed E-state index contributed by atoms with van der Waals surface area (Å²) >= 11 is 0. The van der Waals surface area contributed by atoms with Crippen LogP contribution in [0.5, 0.6) is 5.88 Å². The summed E-state index contributed by atoms with van der Waals surface area (Å²) in [7, 11) is 1.89. The molecule has 0 aliphatic carbocycles. The Morgan fingerprint density at radius 1 is 1.44 bits per heavy atom. The second-order valence-corrected chi connectivity index (χ2v) is 3.78. The maximum absolute atomic E-state index is 5.98. The average molecular weight is 248 g/mol. The highest BCUT2D eigenvalue weighted by molar-refractivity contribution is 5.67. The maximum atomic E-state index is 5.98. The Hall–Kier alpha value is -2.24. The molecule has 2 N–H and O–H groups in total. The first kappa shape index (κ1) is 12.2. The second kappa shape index (κ2) is 5.39. The molecule has 0 aliphatic rings. The highest BCUT2D eigenvalue weighted by Crippen LogP contribution is 2.27. The van der Waals surface area contributed by atoms with Crippen molar-refractivity contribution in [2.75, 3.05) is 24.3 Å². The molecular formula is C12H16N4O2. The summed E-state index contributed by atoms with van der Waals surface area (Å²) in [6.45, 7) is 2.98. The molecule has 2 rings (SSSR count). The van der Waals surface area contributed by atoms with Crippen LogP contribution in [0.2, 0.25) is 0 Å². The van der Waals surface area contributed by atoms with Gasteiger partial charge in [0.25, 0.3) is 0 Å².